The smallest absolute Gasteiger partial charge is 0.231 e. The number of ether oxygens (including phenoxy) is 2. The Hall–Kier alpha value is -1.52. The van der Waals surface area contributed by atoms with Gasteiger partial charge in [-0.25, -0.2) is 0 Å². The predicted molar refractivity (Wildman–Crippen MR) is 74.6 cm³/mol. The van der Waals surface area contributed by atoms with Crippen molar-refractivity contribution in [2.45, 2.75) is 12.5 Å². The lowest BCUT2D eigenvalue weighted by atomic mass is 10.0. The Bertz CT molecular complexity index is 455. The molecule has 0 unspecified atom stereocenters. The number of nitrogens with zero attached hydrogens (tertiary/aromatic N) is 1. The van der Waals surface area contributed by atoms with Gasteiger partial charge in [0.25, 0.3) is 0 Å². The number of rotatable bonds is 4. The average Bonchev–Trinajstić information content (AvgIpc) is 2.93. The van der Waals surface area contributed by atoms with Crippen LogP contribution in [0.1, 0.15) is 18.0 Å². The highest BCUT2D eigenvalue weighted by Gasteiger charge is 2.23. The van der Waals surface area contributed by atoms with Gasteiger partial charge in [-0.3, -0.25) is 4.90 Å². The first-order chi connectivity index (χ1) is 9.38. The quantitative estimate of drug-likeness (QED) is 0.839. The van der Waals surface area contributed by atoms with Crippen LogP contribution in [0.15, 0.2) is 30.9 Å². The highest BCUT2D eigenvalue weighted by atomic mass is 16.7. The van der Waals surface area contributed by atoms with Gasteiger partial charge in [-0.05, 0) is 24.1 Å². The molecular formula is C15H20N2O2. The van der Waals surface area contributed by atoms with E-state index >= 15 is 0 Å². The van der Waals surface area contributed by atoms with Crippen molar-refractivity contribution in [3.05, 3.63) is 36.4 Å². The predicted octanol–water partition coefficient (Wildman–Crippen LogP) is 1.94. The monoisotopic (exact) mass is 260 g/mol. The molecule has 102 valence electrons. The van der Waals surface area contributed by atoms with Crippen LogP contribution in [0, 0.1) is 0 Å². The Balaban J connectivity index is 1.84. The van der Waals surface area contributed by atoms with E-state index in [-0.39, 0.29) is 0 Å². The second-order valence-corrected chi connectivity index (χ2v) is 4.94. The SMILES string of the molecule is C=CC[C@H](c1ccc2c(c1)OCO2)N1CCNCC1. The Labute approximate surface area is 114 Å². The highest BCUT2D eigenvalue weighted by molar-refractivity contribution is 5.45. The van der Waals surface area contributed by atoms with Crippen LogP contribution in [0.3, 0.4) is 0 Å². The van der Waals surface area contributed by atoms with Crippen molar-refractivity contribution in [2.24, 2.45) is 0 Å². The van der Waals surface area contributed by atoms with Crippen molar-refractivity contribution < 1.29 is 9.47 Å². The highest BCUT2D eigenvalue weighted by Crippen LogP contribution is 2.36. The molecule has 0 aromatic heterocycles. The van der Waals surface area contributed by atoms with Gasteiger partial charge in [0.05, 0.1) is 0 Å². The van der Waals surface area contributed by atoms with Crippen LogP contribution in [0.5, 0.6) is 11.5 Å². The third-order valence-corrected chi connectivity index (χ3v) is 3.76. The van der Waals surface area contributed by atoms with Crippen molar-refractivity contribution >= 4 is 0 Å². The molecule has 0 bridgehead atoms. The van der Waals surface area contributed by atoms with Crippen molar-refractivity contribution in [1.29, 1.82) is 0 Å². The third kappa shape index (κ3) is 2.60. The number of nitrogens with one attached hydrogen (secondary N) is 1. The van der Waals surface area contributed by atoms with Crippen LogP contribution in [-0.4, -0.2) is 37.9 Å². The Morgan fingerprint density at radius 3 is 2.84 bits per heavy atom. The summed E-state index contributed by atoms with van der Waals surface area (Å²) in [6.07, 6.45) is 2.96. The van der Waals surface area contributed by atoms with Gasteiger partial charge in [-0.1, -0.05) is 12.1 Å². The maximum atomic E-state index is 5.48. The maximum Gasteiger partial charge on any atom is 0.231 e. The Morgan fingerprint density at radius 1 is 1.26 bits per heavy atom. The summed E-state index contributed by atoms with van der Waals surface area (Å²) in [5, 5.41) is 3.39. The van der Waals surface area contributed by atoms with Crippen molar-refractivity contribution in [2.75, 3.05) is 33.0 Å². The molecule has 1 aromatic rings. The Kier molecular flexibility index (Phi) is 3.71. The molecule has 2 aliphatic rings. The molecule has 4 heteroatoms. The number of piperazine rings is 1. The zero-order valence-electron chi connectivity index (χ0n) is 11.1. The van der Waals surface area contributed by atoms with E-state index in [0.29, 0.717) is 12.8 Å². The van der Waals surface area contributed by atoms with E-state index in [4.69, 9.17) is 9.47 Å². The van der Waals surface area contributed by atoms with Crippen LogP contribution in [0.4, 0.5) is 0 Å². The molecule has 0 aliphatic carbocycles. The Morgan fingerprint density at radius 2 is 2.05 bits per heavy atom. The molecule has 2 aliphatic heterocycles. The molecule has 0 saturated carbocycles. The van der Waals surface area contributed by atoms with Crippen LogP contribution in [0.2, 0.25) is 0 Å². The summed E-state index contributed by atoms with van der Waals surface area (Å²) >= 11 is 0. The molecule has 0 radical (unpaired) electrons. The second kappa shape index (κ2) is 5.63. The van der Waals surface area contributed by atoms with Gasteiger partial charge >= 0.3 is 0 Å². The molecule has 4 nitrogen and oxygen atoms in total. The summed E-state index contributed by atoms with van der Waals surface area (Å²) < 4.78 is 10.8. The first-order valence-corrected chi connectivity index (χ1v) is 6.83. The van der Waals surface area contributed by atoms with Gasteiger partial charge in [-0.15, -0.1) is 6.58 Å². The van der Waals surface area contributed by atoms with Crippen LogP contribution < -0.4 is 14.8 Å². The summed E-state index contributed by atoms with van der Waals surface area (Å²) in [6, 6.07) is 6.65. The first kappa shape index (κ1) is 12.5. The fourth-order valence-corrected chi connectivity index (χ4v) is 2.77. The second-order valence-electron chi connectivity index (χ2n) is 4.94. The topological polar surface area (TPSA) is 33.7 Å². The van der Waals surface area contributed by atoms with Crippen LogP contribution in [-0.2, 0) is 0 Å². The van der Waals surface area contributed by atoms with E-state index in [9.17, 15) is 0 Å². The maximum absolute atomic E-state index is 5.48. The fourth-order valence-electron chi connectivity index (χ4n) is 2.77. The van der Waals surface area contributed by atoms with Gasteiger partial charge < -0.3 is 14.8 Å². The molecule has 19 heavy (non-hydrogen) atoms. The summed E-state index contributed by atoms with van der Waals surface area (Å²) in [5.41, 5.74) is 1.28. The molecule has 3 rings (SSSR count). The van der Waals surface area contributed by atoms with Gasteiger partial charge in [0, 0.05) is 32.2 Å². The van der Waals surface area contributed by atoms with Crippen molar-refractivity contribution in [3.8, 4) is 11.5 Å². The minimum atomic E-state index is 0.332. The molecular weight excluding hydrogens is 240 g/mol. The van der Waals surface area contributed by atoms with E-state index < -0.39 is 0 Å². The van der Waals surface area contributed by atoms with E-state index in [1.54, 1.807) is 0 Å². The lowest BCUT2D eigenvalue weighted by molar-refractivity contribution is 0.171. The van der Waals surface area contributed by atoms with Gasteiger partial charge in [0.1, 0.15) is 0 Å². The molecule has 1 N–H and O–H groups in total. The lowest BCUT2D eigenvalue weighted by Gasteiger charge is -2.34. The zero-order valence-corrected chi connectivity index (χ0v) is 11.1. The summed E-state index contributed by atoms with van der Waals surface area (Å²) in [6.45, 7) is 8.49. The van der Waals surface area contributed by atoms with E-state index in [1.165, 1.54) is 5.56 Å². The minimum Gasteiger partial charge on any atom is -0.454 e. The summed E-state index contributed by atoms with van der Waals surface area (Å²) in [7, 11) is 0. The van der Waals surface area contributed by atoms with Crippen molar-refractivity contribution in [1.82, 2.24) is 10.2 Å². The third-order valence-electron chi connectivity index (χ3n) is 3.76. The van der Waals surface area contributed by atoms with E-state index in [1.807, 2.05) is 12.1 Å². The lowest BCUT2D eigenvalue weighted by Crippen LogP contribution is -2.45. The standard InChI is InChI=1S/C15H20N2O2/c1-2-3-13(17-8-6-16-7-9-17)12-4-5-14-15(10-12)19-11-18-14/h2,4-5,10,13,16H,1,3,6-9,11H2/t13-/m1/s1. The molecule has 0 amide bonds. The van der Waals surface area contributed by atoms with E-state index in [0.717, 1.165) is 44.1 Å². The van der Waals surface area contributed by atoms with E-state index in [2.05, 4.69) is 28.9 Å². The molecule has 0 spiro atoms. The number of fused-ring (bicyclic) bond motifs is 1. The van der Waals surface area contributed by atoms with Gasteiger partial charge in [-0.2, -0.15) is 0 Å². The van der Waals surface area contributed by atoms with Crippen LogP contribution in [0.25, 0.3) is 0 Å². The first-order valence-electron chi connectivity index (χ1n) is 6.83. The summed E-state index contributed by atoms with van der Waals surface area (Å²) in [4.78, 5) is 2.51. The van der Waals surface area contributed by atoms with Crippen LogP contribution >= 0.6 is 0 Å². The molecule has 2 heterocycles. The largest absolute Gasteiger partial charge is 0.454 e. The molecule has 1 atom stereocenters. The molecule has 1 fully saturated rings. The summed E-state index contributed by atoms with van der Waals surface area (Å²) in [5.74, 6) is 1.71. The molecule has 1 aromatic carbocycles. The van der Waals surface area contributed by atoms with Gasteiger partial charge in [0.15, 0.2) is 11.5 Å². The minimum absolute atomic E-state index is 0.332. The fraction of sp³-hybridized carbons (Fsp3) is 0.467. The van der Waals surface area contributed by atoms with Gasteiger partial charge in [0.2, 0.25) is 6.79 Å². The number of benzene rings is 1. The normalized spacial score (nSPS) is 20.2. The number of hydrogen-bond donors (Lipinski definition) is 1. The number of hydrogen-bond acceptors (Lipinski definition) is 4. The average molecular weight is 260 g/mol. The molecule has 1 saturated heterocycles. The zero-order chi connectivity index (χ0) is 13.1. The van der Waals surface area contributed by atoms with Crippen molar-refractivity contribution in [3.63, 3.8) is 0 Å².